The predicted molar refractivity (Wildman–Crippen MR) is 96.1 cm³/mol. The zero-order valence-corrected chi connectivity index (χ0v) is 15.5. The Morgan fingerprint density at radius 3 is 2.67 bits per heavy atom. The number of rotatable bonds is 6. The Hall–Kier alpha value is -2.01. The van der Waals surface area contributed by atoms with Crippen molar-refractivity contribution in [2.24, 2.45) is 0 Å². The van der Waals surface area contributed by atoms with Crippen LogP contribution in [0.2, 0.25) is 0 Å². The summed E-state index contributed by atoms with van der Waals surface area (Å²) in [6.45, 7) is 0. The van der Waals surface area contributed by atoms with E-state index in [1.807, 2.05) is 36.4 Å². The normalized spacial score (nSPS) is 10.5. The van der Waals surface area contributed by atoms with E-state index >= 15 is 0 Å². The molecule has 1 N–H and O–H groups in total. The number of methoxy groups -OCH3 is 1. The summed E-state index contributed by atoms with van der Waals surface area (Å²) in [6, 6.07) is 15.0. The van der Waals surface area contributed by atoms with Crippen LogP contribution in [0.1, 0.15) is 16.1 Å². The van der Waals surface area contributed by atoms with Gasteiger partial charge in [0.2, 0.25) is 0 Å². The molecule has 6 heteroatoms. The first kappa shape index (κ1) is 16.8. The number of carbonyl (C=O) groups is 1. The van der Waals surface area contributed by atoms with Gasteiger partial charge in [0.05, 0.1) is 0 Å². The zero-order valence-electron chi connectivity index (χ0n) is 12.9. The van der Waals surface area contributed by atoms with Crippen molar-refractivity contribution < 1.29 is 14.6 Å². The number of hydrogen-bond acceptors (Lipinski definition) is 4. The average molecular weight is 404 g/mol. The van der Waals surface area contributed by atoms with Gasteiger partial charge in [0, 0.05) is 0 Å². The fourth-order valence-corrected chi connectivity index (χ4v) is 5.07. The molecule has 24 heavy (non-hydrogen) atoms. The second kappa shape index (κ2) is 7.71. The summed E-state index contributed by atoms with van der Waals surface area (Å²) in [5.41, 5.74) is 2.45. The first-order valence-corrected chi connectivity index (χ1v) is 10.0. The Balaban J connectivity index is 1.71. The Kier molecular flexibility index (Phi) is 5.41. The second-order valence-corrected chi connectivity index (χ2v) is 7.78. The number of thioether (sulfide) groups is 1. The summed E-state index contributed by atoms with van der Waals surface area (Å²) in [5, 5.41) is 9.23. The van der Waals surface area contributed by atoms with Gasteiger partial charge in [0.15, 0.2) is 0 Å². The molecule has 4 nitrogen and oxygen atoms in total. The quantitative estimate of drug-likeness (QED) is 0.500. The van der Waals surface area contributed by atoms with Gasteiger partial charge in [-0.1, -0.05) is 0 Å². The van der Waals surface area contributed by atoms with Crippen LogP contribution in [0.5, 0.6) is 5.75 Å². The predicted octanol–water partition coefficient (Wildman–Crippen LogP) is 3.80. The summed E-state index contributed by atoms with van der Waals surface area (Å²) in [5.74, 6) is 0.607. The van der Waals surface area contributed by atoms with Gasteiger partial charge in [0.25, 0.3) is 0 Å². The molecule has 122 valence electrons. The number of aromatic carboxylic acids is 1. The third-order valence-electron chi connectivity index (χ3n) is 3.38. The number of aromatic nitrogens is 1. The van der Waals surface area contributed by atoms with Gasteiger partial charge < -0.3 is 0 Å². The first-order chi connectivity index (χ1) is 11.7. The van der Waals surface area contributed by atoms with Crippen molar-refractivity contribution in [3.05, 3.63) is 64.7 Å². The van der Waals surface area contributed by atoms with Gasteiger partial charge in [0.1, 0.15) is 0 Å². The number of carboxylic acids is 1. The van der Waals surface area contributed by atoms with Crippen LogP contribution >= 0.6 is 11.8 Å². The number of ether oxygens (including phenoxy) is 1. The topological polar surface area (TPSA) is 59.4 Å². The second-order valence-electron chi connectivity index (χ2n) is 4.96. The molecule has 1 heterocycles. The van der Waals surface area contributed by atoms with Gasteiger partial charge in [-0.2, -0.15) is 0 Å². The molecule has 0 radical (unpaired) electrons. The maximum atomic E-state index is 11.2. The molecule has 0 fully saturated rings. The standard InChI is InChI=1S/C18H15NO3SSe/c1-22-14-8-6-12(7-9-14)17-19-13(11-24-17)10-23-16-5-3-2-4-15(16)18(20)21/h2-9,11H,10H2,1H3,(H,20,21). The molecule has 0 spiro atoms. The Morgan fingerprint density at radius 2 is 1.96 bits per heavy atom. The summed E-state index contributed by atoms with van der Waals surface area (Å²) in [4.78, 5) is 18.9. The van der Waals surface area contributed by atoms with E-state index in [0.29, 0.717) is 11.3 Å². The molecule has 3 aromatic rings. The minimum absolute atomic E-state index is 0.205. The van der Waals surface area contributed by atoms with Crippen LogP contribution < -0.4 is 4.74 Å². The minimum atomic E-state index is -0.898. The van der Waals surface area contributed by atoms with E-state index in [1.165, 1.54) is 11.8 Å². The zero-order chi connectivity index (χ0) is 16.9. The molecule has 0 saturated heterocycles. The molecule has 3 rings (SSSR count). The van der Waals surface area contributed by atoms with Crippen molar-refractivity contribution in [2.75, 3.05) is 7.11 Å². The molecule has 0 bridgehead atoms. The van der Waals surface area contributed by atoms with Gasteiger partial charge in [-0.25, -0.2) is 0 Å². The molecule has 0 amide bonds. The van der Waals surface area contributed by atoms with E-state index in [9.17, 15) is 9.90 Å². The van der Waals surface area contributed by atoms with Crippen LogP contribution in [-0.2, 0) is 5.75 Å². The van der Waals surface area contributed by atoms with E-state index in [1.54, 1.807) is 19.2 Å². The summed E-state index contributed by atoms with van der Waals surface area (Å²) in [7, 11) is 1.65. The molecule has 0 unspecified atom stereocenters. The fraction of sp³-hybridized carbons (Fsp3) is 0.111. The van der Waals surface area contributed by atoms with Crippen molar-refractivity contribution in [3.8, 4) is 15.9 Å². The van der Waals surface area contributed by atoms with Gasteiger partial charge in [-0.05, 0) is 0 Å². The number of nitrogens with zero attached hydrogens (tertiary/aromatic N) is 1. The fourth-order valence-electron chi connectivity index (χ4n) is 2.16. The van der Waals surface area contributed by atoms with Crippen molar-refractivity contribution in [1.82, 2.24) is 4.98 Å². The molecule has 0 aliphatic carbocycles. The number of carboxylic acid groups (broad SMARTS) is 1. The van der Waals surface area contributed by atoms with Crippen molar-refractivity contribution in [2.45, 2.75) is 10.6 Å². The summed E-state index contributed by atoms with van der Waals surface area (Å²) < 4.78 is 6.26. The molecular formula is C18H15NO3SSe. The van der Waals surface area contributed by atoms with Crippen LogP contribution in [0.4, 0.5) is 0 Å². The van der Waals surface area contributed by atoms with Crippen LogP contribution in [0, 0.1) is 0 Å². The molecule has 2 aromatic carbocycles. The summed E-state index contributed by atoms with van der Waals surface area (Å²) in [6.07, 6.45) is 0. The number of hydrogen-bond donors (Lipinski definition) is 1. The molecule has 1 aromatic heterocycles. The van der Waals surface area contributed by atoms with E-state index in [0.717, 1.165) is 26.5 Å². The van der Waals surface area contributed by atoms with Crippen LogP contribution in [0.15, 0.2) is 58.4 Å². The summed E-state index contributed by atoms with van der Waals surface area (Å²) >= 11 is 1.71. The van der Waals surface area contributed by atoms with Gasteiger partial charge in [-0.3, -0.25) is 0 Å². The first-order valence-electron chi connectivity index (χ1n) is 7.21. The molecule has 0 aliphatic rings. The monoisotopic (exact) mass is 405 g/mol. The van der Waals surface area contributed by atoms with Crippen molar-refractivity contribution in [1.29, 1.82) is 0 Å². The maximum absolute atomic E-state index is 11.2. The van der Waals surface area contributed by atoms with E-state index in [2.05, 4.69) is 4.94 Å². The van der Waals surface area contributed by atoms with Gasteiger partial charge in [-0.15, -0.1) is 0 Å². The van der Waals surface area contributed by atoms with Crippen LogP contribution in [0.3, 0.4) is 0 Å². The van der Waals surface area contributed by atoms with Crippen molar-refractivity contribution in [3.63, 3.8) is 0 Å². The Morgan fingerprint density at radius 1 is 1.21 bits per heavy atom. The number of benzene rings is 2. The van der Waals surface area contributed by atoms with E-state index in [-0.39, 0.29) is 14.5 Å². The molecule has 0 saturated carbocycles. The van der Waals surface area contributed by atoms with Gasteiger partial charge >= 0.3 is 150 Å². The Labute approximate surface area is 150 Å². The SMILES string of the molecule is COc1ccc(-c2nc(CSc3ccccc3C(=O)O)c[se]2)cc1. The van der Waals surface area contributed by atoms with Crippen molar-refractivity contribution >= 4 is 32.2 Å². The average Bonchev–Trinajstić information content (AvgIpc) is 3.09. The molecular weight excluding hydrogens is 389 g/mol. The van der Waals surface area contributed by atoms with Crippen LogP contribution in [-0.4, -0.2) is 37.7 Å². The molecule has 0 atom stereocenters. The van der Waals surface area contributed by atoms with E-state index in [4.69, 9.17) is 9.72 Å². The Bertz CT molecular complexity index is 845. The van der Waals surface area contributed by atoms with E-state index < -0.39 is 5.97 Å². The molecule has 0 aliphatic heterocycles. The van der Waals surface area contributed by atoms with Crippen LogP contribution in [0.25, 0.3) is 10.1 Å². The third kappa shape index (κ3) is 3.90. The third-order valence-corrected chi connectivity index (χ3v) is 6.46.